The molecule has 1 aromatic carbocycles. The molecule has 0 aliphatic rings. The highest BCUT2D eigenvalue weighted by molar-refractivity contribution is 5.52. The van der Waals surface area contributed by atoms with E-state index in [0.29, 0.717) is 11.7 Å². The van der Waals surface area contributed by atoms with Gasteiger partial charge in [-0.15, -0.1) is 0 Å². The Morgan fingerprint density at radius 3 is 1.89 bits per heavy atom. The van der Waals surface area contributed by atoms with Crippen molar-refractivity contribution in [2.45, 2.75) is 48.0 Å². The second kappa shape index (κ2) is 12.2. The predicted molar refractivity (Wildman–Crippen MR) is 78.9 cm³/mol. The van der Waals surface area contributed by atoms with Gasteiger partial charge in [0.15, 0.2) is 0 Å². The summed E-state index contributed by atoms with van der Waals surface area (Å²) < 4.78 is 0. The number of hydrogen-bond donors (Lipinski definition) is 1. The van der Waals surface area contributed by atoms with Gasteiger partial charge in [0, 0.05) is 5.92 Å². The number of phenols is 1. The van der Waals surface area contributed by atoms with E-state index in [1.54, 1.807) is 6.07 Å². The molecule has 0 saturated carbocycles. The molecule has 18 heavy (non-hydrogen) atoms. The van der Waals surface area contributed by atoms with Crippen LogP contribution in [-0.2, 0) is 4.79 Å². The summed E-state index contributed by atoms with van der Waals surface area (Å²) in [5.74, 6) is 1.26. The van der Waals surface area contributed by atoms with E-state index in [1.807, 2.05) is 45.9 Å². The average Bonchev–Trinajstić information content (AvgIpc) is 2.35. The molecule has 0 aromatic heterocycles. The number of aldehydes is 1. The minimum Gasteiger partial charge on any atom is -0.508 e. The van der Waals surface area contributed by atoms with Crippen molar-refractivity contribution >= 4 is 6.29 Å². The lowest BCUT2D eigenvalue weighted by Gasteiger charge is -2.04. The van der Waals surface area contributed by atoms with Gasteiger partial charge in [0.2, 0.25) is 0 Å². The molecular formula is C16H28O2. The molecule has 0 bridgehead atoms. The number of rotatable bonds is 3. The van der Waals surface area contributed by atoms with Crippen LogP contribution in [0.5, 0.6) is 5.75 Å². The van der Waals surface area contributed by atoms with Crippen LogP contribution in [0.2, 0.25) is 0 Å². The highest BCUT2D eigenvalue weighted by Gasteiger charge is 2.00. The van der Waals surface area contributed by atoms with Gasteiger partial charge >= 0.3 is 0 Å². The topological polar surface area (TPSA) is 37.3 Å². The Balaban J connectivity index is 0. The molecule has 0 spiro atoms. The SMILES string of the molecule is CC.CC(C)CC(C)C=O.Cc1ccccc1O. The van der Waals surface area contributed by atoms with Gasteiger partial charge in [-0.2, -0.15) is 0 Å². The maximum Gasteiger partial charge on any atom is 0.122 e. The molecule has 0 saturated heterocycles. The standard InChI is InChI=1S/C7H8O.C7H14O.C2H6/c1-6-4-2-3-5-7(6)8;1-6(2)4-7(3)5-8;1-2/h2-5,8H,1H3;5-7H,4H2,1-3H3;1-2H3. The molecule has 1 N–H and O–H groups in total. The lowest BCUT2D eigenvalue weighted by Crippen LogP contribution is -1.99. The molecule has 0 fully saturated rings. The number of aromatic hydroxyl groups is 1. The minimum absolute atomic E-state index is 0.245. The van der Waals surface area contributed by atoms with Crippen molar-refractivity contribution in [2.75, 3.05) is 0 Å². The minimum atomic E-state index is 0.245. The molecular weight excluding hydrogens is 224 g/mol. The molecule has 2 nitrogen and oxygen atoms in total. The fourth-order valence-corrected chi connectivity index (χ4v) is 1.36. The van der Waals surface area contributed by atoms with E-state index in [9.17, 15) is 4.79 Å². The summed E-state index contributed by atoms with van der Waals surface area (Å²) in [5.41, 5.74) is 0.924. The van der Waals surface area contributed by atoms with E-state index >= 15 is 0 Å². The summed E-state index contributed by atoms with van der Waals surface area (Å²) in [5, 5.41) is 8.92. The normalized spacial score (nSPS) is 10.6. The number of aryl methyl sites for hydroxylation is 1. The van der Waals surface area contributed by atoms with Gasteiger partial charge in [-0.3, -0.25) is 0 Å². The van der Waals surface area contributed by atoms with Crippen molar-refractivity contribution in [3.8, 4) is 5.75 Å². The van der Waals surface area contributed by atoms with Gasteiger partial charge in [0.25, 0.3) is 0 Å². The number of carbonyl (C=O) groups is 1. The van der Waals surface area contributed by atoms with E-state index in [1.165, 1.54) is 0 Å². The van der Waals surface area contributed by atoms with Gasteiger partial charge in [0.05, 0.1) is 0 Å². The fraction of sp³-hybridized carbons (Fsp3) is 0.562. The highest BCUT2D eigenvalue weighted by Crippen LogP contribution is 2.12. The molecule has 0 amide bonds. The number of benzene rings is 1. The van der Waals surface area contributed by atoms with Gasteiger partial charge in [0.1, 0.15) is 12.0 Å². The molecule has 1 rings (SSSR count). The molecule has 1 aromatic rings. The van der Waals surface area contributed by atoms with E-state index in [0.717, 1.165) is 18.3 Å². The summed E-state index contributed by atoms with van der Waals surface area (Å²) in [7, 11) is 0. The van der Waals surface area contributed by atoms with Crippen LogP contribution in [0.1, 0.15) is 46.6 Å². The van der Waals surface area contributed by atoms with Gasteiger partial charge in [-0.25, -0.2) is 0 Å². The number of hydrogen-bond acceptors (Lipinski definition) is 2. The van der Waals surface area contributed by atoms with Gasteiger partial charge in [-0.1, -0.05) is 52.8 Å². The zero-order chi connectivity index (χ0) is 14.6. The Morgan fingerprint density at radius 2 is 1.67 bits per heavy atom. The lowest BCUT2D eigenvalue weighted by atomic mass is 10.0. The Hall–Kier alpha value is -1.31. The van der Waals surface area contributed by atoms with Crippen molar-refractivity contribution in [1.82, 2.24) is 0 Å². The van der Waals surface area contributed by atoms with Crippen LogP contribution >= 0.6 is 0 Å². The predicted octanol–water partition coefficient (Wildman–Crippen LogP) is 4.59. The molecule has 0 aliphatic carbocycles. The molecule has 1 atom stereocenters. The number of carbonyl (C=O) groups excluding carboxylic acids is 1. The lowest BCUT2D eigenvalue weighted by molar-refractivity contribution is -0.111. The maximum atomic E-state index is 10.0. The van der Waals surface area contributed by atoms with E-state index in [-0.39, 0.29) is 5.92 Å². The molecule has 2 heteroatoms. The first-order chi connectivity index (χ1) is 8.47. The van der Waals surface area contributed by atoms with Crippen LogP contribution in [0.3, 0.4) is 0 Å². The quantitative estimate of drug-likeness (QED) is 0.799. The Kier molecular flexibility index (Phi) is 12.9. The number of para-hydroxylation sites is 1. The van der Waals surface area contributed by atoms with Crippen LogP contribution < -0.4 is 0 Å². The Bertz CT molecular complexity index is 285. The van der Waals surface area contributed by atoms with Crippen LogP contribution in [-0.4, -0.2) is 11.4 Å². The Labute approximate surface area is 112 Å². The zero-order valence-corrected chi connectivity index (χ0v) is 12.6. The zero-order valence-electron chi connectivity index (χ0n) is 12.6. The van der Waals surface area contributed by atoms with Crippen molar-refractivity contribution in [1.29, 1.82) is 0 Å². The fourth-order valence-electron chi connectivity index (χ4n) is 1.36. The van der Waals surface area contributed by atoms with E-state index in [2.05, 4.69) is 13.8 Å². The second-order valence-electron chi connectivity index (χ2n) is 4.53. The van der Waals surface area contributed by atoms with Crippen LogP contribution in [0, 0.1) is 18.8 Å². The van der Waals surface area contributed by atoms with Crippen molar-refractivity contribution in [2.24, 2.45) is 11.8 Å². The Morgan fingerprint density at radius 1 is 1.17 bits per heavy atom. The molecule has 0 radical (unpaired) electrons. The van der Waals surface area contributed by atoms with Gasteiger partial charge < -0.3 is 9.90 Å². The van der Waals surface area contributed by atoms with Crippen molar-refractivity contribution in [3.63, 3.8) is 0 Å². The third kappa shape index (κ3) is 11.2. The monoisotopic (exact) mass is 252 g/mol. The first-order valence-electron chi connectivity index (χ1n) is 6.67. The first-order valence-corrected chi connectivity index (χ1v) is 6.67. The van der Waals surface area contributed by atoms with Gasteiger partial charge in [-0.05, 0) is 30.9 Å². The summed E-state index contributed by atoms with van der Waals surface area (Å²) in [6, 6.07) is 7.25. The first kappa shape index (κ1) is 19.0. The second-order valence-corrected chi connectivity index (χ2v) is 4.53. The van der Waals surface area contributed by atoms with Crippen LogP contribution in [0.15, 0.2) is 24.3 Å². The number of phenolic OH excluding ortho intramolecular Hbond substituents is 1. The third-order valence-electron chi connectivity index (χ3n) is 2.19. The van der Waals surface area contributed by atoms with Crippen molar-refractivity contribution < 1.29 is 9.90 Å². The third-order valence-corrected chi connectivity index (χ3v) is 2.19. The van der Waals surface area contributed by atoms with Crippen LogP contribution in [0.25, 0.3) is 0 Å². The average molecular weight is 252 g/mol. The smallest absolute Gasteiger partial charge is 0.122 e. The summed E-state index contributed by atoms with van der Waals surface area (Å²) in [6.07, 6.45) is 2.03. The molecule has 0 heterocycles. The molecule has 1 unspecified atom stereocenters. The molecule has 0 aliphatic heterocycles. The van der Waals surface area contributed by atoms with E-state index < -0.39 is 0 Å². The maximum absolute atomic E-state index is 10.0. The summed E-state index contributed by atoms with van der Waals surface area (Å²) in [6.45, 7) is 12.1. The molecule has 104 valence electrons. The largest absolute Gasteiger partial charge is 0.508 e. The van der Waals surface area contributed by atoms with Crippen molar-refractivity contribution in [3.05, 3.63) is 29.8 Å². The summed E-state index contributed by atoms with van der Waals surface area (Å²) in [4.78, 5) is 10.0. The van der Waals surface area contributed by atoms with E-state index in [4.69, 9.17) is 5.11 Å². The highest BCUT2D eigenvalue weighted by atomic mass is 16.3. The van der Waals surface area contributed by atoms with Crippen LogP contribution in [0.4, 0.5) is 0 Å². The summed E-state index contributed by atoms with van der Waals surface area (Å²) >= 11 is 0.